The van der Waals surface area contributed by atoms with Gasteiger partial charge in [0, 0.05) is 5.56 Å². The minimum atomic E-state index is -0.711. The number of nitrogens with zero attached hydrogens (tertiary/aromatic N) is 1. The molecule has 1 saturated heterocycles. The van der Waals surface area contributed by atoms with Gasteiger partial charge < -0.3 is 4.74 Å². The molecule has 5 nitrogen and oxygen atoms in total. The number of carbonyl (C=O) groups is 2. The molecule has 1 fully saturated rings. The van der Waals surface area contributed by atoms with Gasteiger partial charge >= 0.3 is 0 Å². The summed E-state index contributed by atoms with van der Waals surface area (Å²) < 4.78 is 20.2. The maximum Gasteiger partial charge on any atom is 0.270 e. The monoisotopic (exact) mass is 432 g/mol. The van der Waals surface area contributed by atoms with Crippen molar-refractivity contribution in [1.82, 2.24) is 5.32 Å². The third-order valence-electron chi connectivity index (χ3n) is 4.65. The molecule has 1 aliphatic rings. The number of benzene rings is 3. The van der Waals surface area contributed by atoms with Crippen LogP contribution in [0.2, 0.25) is 0 Å². The molecule has 0 unspecified atom stereocenters. The number of ether oxygens (including phenoxy) is 1. The Balaban J connectivity index is 1.66. The molecule has 3 aromatic rings. The van der Waals surface area contributed by atoms with Gasteiger partial charge in [-0.2, -0.15) is 0 Å². The van der Waals surface area contributed by atoms with Gasteiger partial charge in [0.15, 0.2) is 5.11 Å². The molecule has 3 aromatic carbocycles. The lowest BCUT2D eigenvalue weighted by atomic mass is 10.1. The first-order valence-corrected chi connectivity index (χ1v) is 9.87. The summed E-state index contributed by atoms with van der Waals surface area (Å²) in [5, 5.41) is 2.28. The van der Waals surface area contributed by atoms with Crippen molar-refractivity contribution >= 4 is 40.9 Å². The van der Waals surface area contributed by atoms with Crippen molar-refractivity contribution in [2.75, 3.05) is 4.90 Å². The molecule has 4 rings (SSSR count). The highest BCUT2D eigenvalue weighted by Crippen LogP contribution is 2.27. The quantitative estimate of drug-likeness (QED) is 0.372. The number of halogens is 1. The largest absolute Gasteiger partial charge is 0.488 e. The van der Waals surface area contributed by atoms with Crippen molar-refractivity contribution in [3.63, 3.8) is 0 Å². The molecular formula is C24H17FN2O3S. The molecule has 0 saturated carbocycles. The van der Waals surface area contributed by atoms with Crippen molar-refractivity contribution < 1.29 is 18.7 Å². The number of anilines is 1. The average Bonchev–Trinajstić information content (AvgIpc) is 2.78. The van der Waals surface area contributed by atoms with Gasteiger partial charge in [-0.05, 0) is 42.1 Å². The van der Waals surface area contributed by atoms with Crippen LogP contribution in [-0.2, 0) is 16.2 Å². The molecule has 0 radical (unpaired) electrons. The van der Waals surface area contributed by atoms with E-state index < -0.39 is 17.6 Å². The average molecular weight is 432 g/mol. The lowest BCUT2D eigenvalue weighted by Crippen LogP contribution is -2.54. The van der Waals surface area contributed by atoms with Crippen LogP contribution in [0.3, 0.4) is 0 Å². The second-order valence-electron chi connectivity index (χ2n) is 6.72. The summed E-state index contributed by atoms with van der Waals surface area (Å²) in [7, 11) is 0. The van der Waals surface area contributed by atoms with Gasteiger partial charge in [-0.1, -0.05) is 60.7 Å². The number of hydrogen-bond acceptors (Lipinski definition) is 4. The Bertz CT molecular complexity index is 1190. The van der Waals surface area contributed by atoms with Crippen molar-refractivity contribution in [2.24, 2.45) is 0 Å². The number of para-hydroxylation sites is 2. The van der Waals surface area contributed by atoms with Crippen LogP contribution in [0.1, 0.15) is 11.1 Å². The van der Waals surface area contributed by atoms with E-state index in [1.807, 2.05) is 30.3 Å². The van der Waals surface area contributed by atoms with Crippen LogP contribution in [-0.4, -0.2) is 16.9 Å². The highest BCUT2D eigenvalue weighted by molar-refractivity contribution is 7.80. The molecule has 1 N–H and O–H groups in total. The third-order valence-corrected chi connectivity index (χ3v) is 4.94. The maximum absolute atomic E-state index is 14.3. The molecule has 7 heteroatoms. The van der Waals surface area contributed by atoms with Crippen LogP contribution in [0.25, 0.3) is 6.08 Å². The molecule has 0 spiro atoms. The van der Waals surface area contributed by atoms with Gasteiger partial charge in [0.05, 0.1) is 5.69 Å². The lowest BCUT2D eigenvalue weighted by molar-refractivity contribution is -0.122. The van der Waals surface area contributed by atoms with Gasteiger partial charge in [-0.25, -0.2) is 9.29 Å². The summed E-state index contributed by atoms with van der Waals surface area (Å²) >= 11 is 5.12. The van der Waals surface area contributed by atoms with E-state index in [2.05, 4.69) is 5.32 Å². The molecule has 1 aliphatic heterocycles. The Morgan fingerprint density at radius 3 is 2.39 bits per heavy atom. The minimum absolute atomic E-state index is 0.0305. The Hall–Kier alpha value is -3.84. The van der Waals surface area contributed by atoms with E-state index >= 15 is 0 Å². The molecule has 154 valence electrons. The topological polar surface area (TPSA) is 58.6 Å². The van der Waals surface area contributed by atoms with Gasteiger partial charge in [0.2, 0.25) is 0 Å². The number of hydrogen-bond donors (Lipinski definition) is 1. The standard InChI is InChI=1S/C24H17FN2O3S/c25-19-11-5-6-12-20(19)27-23(29)18(22(28)26-24(27)31)14-17-10-4-7-13-21(17)30-15-16-8-2-1-3-9-16/h1-14H,15H2,(H,26,28,31)/b18-14+. The van der Waals surface area contributed by atoms with Crippen LogP contribution in [0.15, 0.2) is 84.4 Å². The summed E-state index contributed by atoms with van der Waals surface area (Å²) in [6, 6.07) is 22.4. The summed E-state index contributed by atoms with van der Waals surface area (Å²) in [6.45, 7) is 0.326. The Labute approximate surface area is 183 Å². The summed E-state index contributed by atoms with van der Waals surface area (Å²) in [6.07, 6.45) is 1.42. The van der Waals surface area contributed by atoms with E-state index in [9.17, 15) is 14.0 Å². The van der Waals surface area contributed by atoms with Crippen LogP contribution in [0.5, 0.6) is 5.75 Å². The smallest absolute Gasteiger partial charge is 0.270 e. The summed E-state index contributed by atoms with van der Waals surface area (Å²) in [5.41, 5.74) is 1.32. The van der Waals surface area contributed by atoms with Crippen molar-refractivity contribution in [2.45, 2.75) is 6.61 Å². The van der Waals surface area contributed by atoms with Crippen LogP contribution in [0.4, 0.5) is 10.1 Å². The van der Waals surface area contributed by atoms with Crippen LogP contribution in [0, 0.1) is 5.82 Å². The second-order valence-corrected chi connectivity index (χ2v) is 7.11. The molecule has 0 aromatic heterocycles. The molecule has 0 aliphatic carbocycles. The maximum atomic E-state index is 14.3. The van der Waals surface area contributed by atoms with Gasteiger partial charge in [0.25, 0.3) is 11.8 Å². The summed E-state index contributed by atoms with van der Waals surface area (Å²) in [5.74, 6) is -1.48. The first kappa shape index (κ1) is 20.4. The molecule has 2 amide bonds. The zero-order chi connectivity index (χ0) is 21.8. The molecular weight excluding hydrogens is 415 g/mol. The fourth-order valence-corrected chi connectivity index (χ4v) is 3.41. The zero-order valence-corrected chi connectivity index (χ0v) is 17.1. The first-order chi connectivity index (χ1) is 15.0. The van der Waals surface area contributed by atoms with E-state index in [1.54, 1.807) is 30.3 Å². The normalized spacial score (nSPS) is 15.2. The number of thiocarbonyl (C=S) groups is 1. The van der Waals surface area contributed by atoms with Crippen molar-refractivity contribution in [3.05, 3.63) is 101 Å². The second kappa shape index (κ2) is 8.89. The third kappa shape index (κ3) is 4.36. The highest BCUT2D eigenvalue weighted by Gasteiger charge is 2.35. The molecule has 1 heterocycles. The van der Waals surface area contributed by atoms with Gasteiger partial charge in [-0.3, -0.25) is 14.9 Å². The van der Waals surface area contributed by atoms with Gasteiger partial charge in [0.1, 0.15) is 23.7 Å². The molecule has 0 bridgehead atoms. The van der Waals surface area contributed by atoms with E-state index in [-0.39, 0.29) is 16.4 Å². The lowest BCUT2D eigenvalue weighted by Gasteiger charge is -2.29. The Morgan fingerprint density at radius 2 is 1.61 bits per heavy atom. The van der Waals surface area contributed by atoms with Crippen molar-refractivity contribution in [1.29, 1.82) is 0 Å². The summed E-state index contributed by atoms with van der Waals surface area (Å²) in [4.78, 5) is 26.6. The van der Waals surface area contributed by atoms with Crippen molar-refractivity contribution in [3.8, 4) is 5.75 Å². The molecule has 0 atom stereocenters. The number of carbonyl (C=O) groups excluding carboxylic acids is 2. The van der Waals surface area contributed by atoms with E-state index in [4.69, 9.17) is 17.0 Å². The Morgan fingerprint density at radius 1 is 0.935 bits per heavy atom. The number of amides is 2. The number of rotatable bonds is 5. The minimum Gasteiger partial charge on any atom is -0.488 e. The predicted molar refractivity (Wildman–Crippen MR) is 120 cm³/mol. The van der Waals surface area contributed by atoms with Gasteiger partial charge in [-0.15, -0.1) is 0 Å². The van der Waals surface area contributed by atoms with E-state index in [1.165, 1.54) is 24.3 Å². The first-order valence-electron chi connectivity index (χ1n) is 9.46. The zero-order valence-electron chi connectivity index (χ0n) is 16.2. The fraction of sp³-hybridized carbons (Fsp3) is 0.0417. The highest BCUT2D eigenvalue weighted by atomic mass is 32.1. The predicted octanol–water partition coefficient (Wildman–Crippen LogP) is 4.24. The number of nitrogens with one attached hydrogen (secondary N) is 1. The SMILES string of the molecule is O=C1NC(=S)N(c2ccccc2F)C(=O)/C1=C/c1ccccc1OCc1ccccc1. The van der Waals surface area contributed by atoms with E-state index in [0.29, 0.717) is 17.9 Å². The van der Waals surface area contributed by atoms with Crippen LogP contribution < -0.4 is 15.0 Å². The van der Waals surface area contributed by atoms with Crippen LogP contribution >= 0.6 is 12.2 Å². The molecule has 31 heavy (non-hydrogen) atoms. The Kier molecular flexibility index (Phi) is 5.86. The fourth-order valence-electron chi connectivity index (χ4n) is 3.13. The van der Waals surface area contributed by atoms with E-state index in [0.717, 1.165) is 10.5 Å².